The Morgan fingerprint density at radius 2 is 2.22 bits per heavy atom. The molecule has 0 aliphatic heterocycles. The highest BCUT2D eigenvalue weighted by Gasteiger charge is 1.94. The second kappa shape index (κ2) is 4.83. The predicted molar refractivity (Wildman–Crippen MR) is 40.9 cm³/mol. The SMILES string of the molecule is C=C(CCl)COC(C)C. The lowest BCUT2D eigenvalue weighted by molar-refractivity contribution is 0.0977. The summed E-state index contributed by atoms with van der Waals surface area (Å²) in [5.74, 6) is 0.493. The molecule has 0 saturated heterocycles. The second-order valence-corrected chi connectivity index (χ2v) is 2.51. The van der Waals surface area contributed by atoms with Gasteiger partial charge in [0.2, 0.25) is 0 Å². The smallest absolute Gasteiger partial charge is 0.0689 e. The van der Waals surface area contributed by atoms with E-state index in [9.17, 15) is 0 Å². The molecule has 0 aromatic heterocycles. The molecule has 0 aliphatic rings. The predicted octanol–water partition coefficient (Wildman–Crippen LogP) is 2.21. The van der Waals surface area contributed by atoms with Crippen LogP contribution >= 0.6 is 11.6 Å². The Hall–Kier alpha value is -0.0100. The minimum absolute atomic E-state index is 0.268. The fourth-order valence-corrected chi connectivity index (χ4v) is 0.400. The third kappa shape index (κ3) is 5.87. The summed E-state index contributed by atoms with van der Waals surface area (Å²) in [5.41, 5.74) is 0.936. The van der Waals surface area contributed by atoms with Crippen LogP contribution in [0.3, 0.4) is 0 Å². The number of hydrogen-bond donors (Lipinski definition) is 0. The molecule has 0 aromatic rings. The van der Waals surface area contributed by atoms with E-state index in [4.69, 9.17) is 16.3 Å². The normalized spacial score (nSPS) is 10.2. The Morgan fingerprint density at radius 3 is 2.56 bits per heavy atom. The van der Waals surface area contributed by atoms with Gasteiger partial charge in [0.05, 0.1) is 12.7 Å². The van der Waals surface area contributed by atoms with E-state index in [-0.39, 0.29) is 6.10 Å². The maximum Gasteiger partial charge on any atom is 0.0689 e. The summed E-state index contributed by atoms with van der Waals surface area (Å²) in [4.78, 5) is 0. The molecular weight excluding hydrogens is 136 g/mol. The summed E-state index contributed by atoms with van der Waals surface area (Å²) >= 11 is 5.46. The first-order valence-corrected chi connectivity index (χ1v) is 3.54. The van der Waals surface area contributed by atoms with E-state index < -0.39 is 0 Å². The van der Waals surface area contributed by atoms with Gasteiger partial charge in [0, 0.05) is 5.88 Å². The molecule has 0 spiro atoms. The second-order valence-electron chi connectivity index (χ2n) is 2.24. The first-order valence-electron chi connectivity index (χ1n) is 3.01. The number of hydrogen-bond acceptors (Lipinski definition) is 1. The molecule has 0 fully saturated rings. The first-order chi connectivity index (χ1) is 4.16. The molecule has 0 unspecified atom stereocenters. The molecule has 0 aromatic carbocycles. The molecule has 0 saturated carbocycles. The summed E-state index contributed by atoms with van der Waals surface area (Å²) in [6.07, 6.45) is 0.268. The molecule has 0 N–H and O–H groups in total. The third-order valence-electron chi connectivity index (χ3n) is 0.810. The summed E-state index contributed by atoms with van der Waals surface area (Å²) in [6.45, 7) is 8.25. The van der Waals surface area contributed by atoms with E-state index in [1.54, 1.807) is 0 Å². The zero-order chi connectivity index (χ0) is 7.28. The Labute approximate surface area is 61.7 Å². The van der Waals surface area contributed by atoms with E-state index in [0.717, 1.165) is 5.57 Å². The number of ether oxygens (including phenoxy) is 1. The number of rotatable bonds is 4. The fraction of sp³-hybridized carbons (Fsp3) is 0.714. The van der Waals surface area contributed by atoms with Crippen molar-refractivity contribution in [2.45, 2.75) is 20.0 Å². The van der Waals surface area contributed by atoms with Crippen LogP contribution < -0.4 is 0 Å². The van der Waals surface area contributed by atoms with E-state index in [1.807, 2.05) is 13.8 Å². The van der Waals surface area contributed by atoms with Crippen LogP contribution in [-0.2, 0) is 4.74 Å². The summed E-state index contributed by atoms with van der Waals surface area (Å²) in [6, 6.07) is 0. The highest BCUT2D eigenvalue weighted by Crippen LogP contribution is 1.97. The van der Waals surface area contributed by atoms with E-state index in [0.29, 0.717) is 12.5 Å². The maximum absolute atomic E-state index is 5.46. The molecule has 0 radical (unpaired) electrons. The highest BCUT2D eigenvalue weighted by molar-refractivity contribution is 6.19. The van der Waals surface area contributed by atoms with Crippen LogP contribution in [0.2, 0.25) is 0 Å². The molecule has 54 valence electrons. The molecule has 9 heavy (non-hydrogen) atoms. The molecular formula is C7H13ClO. The van der Waals surface area contributed by atoms with Crippen molar-refractivity contribution < 1.29 is 4.74 Å². The Balaban J connectivity index is 3.17. The highest BCUT2D eigenvalue weighted by atomic mass is 35.5. The minimum Gasteiger partial charge on any atom is -0.374 e. The average molecular weight is 149 g/mol. The zero-order valence-electron chi connectivity index (χ0n) is 5.98. The van der Waals surface area contributed by atoms with Crippen molar-refractivity contribution in [2.24, 2.45) is 0 Å². The van der Waals surface area contributed by atoms with Gasteiger partial charge in [0.15, 0.2) is 0 Å². The van der Waals surface area contributed by atoms with Crippen LogP contribution in [-0.4, -0.2) is 18.6 Å². The molecule has 0 heterocycles. The lowest BCUT2D eigenvalue weighted by Gasteiger charge is -2.06. The molecule has 0 aliphatic carbocycles. The van der Waals surface area contributed by atoms with Gasteiger partial charge in [-0.25, -0.2) is 0 Å². The fourth-order valence-electron chi connectivity index (χ4n) is 0.323. The third-order valence-corrected chi connectivity index (χ3v) is 1.19. The summed E-state index contributed by atoms with van der Waals surface area (Å²) < 4.78 is 5.21. The van der Waals surface area contributed by atoms with Gasteiger partial charge in [-0.05, 0) is 19.4 Å². The number of halogens is 1. The minimum atomic E-state index is 0.268. The van der Waals surface area contributed by atoms with Crippen LogP contribution in [0.15, 0.2) is 12.2 Å². The van der Waals surface area contributed by atoms with Gasteiger partial charge < -0.3 is 4.74 Å². The van der Waals surface area contributed by atoms with Crippen LogP contribution in [0.5, 0.6) is 0 Å². The average Bonchev–Trinajstić information content (AvgIpc) is 1.83. The van der Waals surface area contributed by atoms with Gasteiger partial charge in [0.25, 0.3) is 0 Å². The van der Waals surface area contributed by atoms with Gasteiger partial charge in [-0.1, -0.05) is 6.58 Å². The van der Waals surface area contributed by atoms with E-state index >= 15 is 0 Å². The lowest BCUT2D eigenvalue weighted by atomic mass is 10.4. The molecule has 2 heteroatoms. The summed E-state index contributed by atoms with van der Waals surface area (Å²) in [7, 11) is 0. The van der Waals surface area contributed by atoms with Crippen molar-refractivity contribution in [3.05, 3.63) is 12.2 Å². The van der Waals surface area contributed by atoms with Gasteiger partial charge in [0.1, 0.15) is 0 Å². The van der Waals surface area contributed by atoms with E-state index in [1.165, 1.54) is 0 Å². The van der Waals surface area contributed by atoms with Crippen molar-refractivity contribution in [1.82, 2.24) is 0 Å². The standard InChI is InChI=1S/C7H13ClO/c1-6(2)9-5-7(3)4-8/h6H,3-5H2,1-2H3. The molecule has 1 nitrogen and oxygen atoms in total. The lowest BCUT2D eigenvalue weighted by Crippen LogP contribution is -2.05. The first kappa shape index (κ1) is 8.99. The molecule has 0 rings (SSSR count). The molecule has 0 amide bonds. The van der Waals surface area contributed by atoms with Gasteiger partial charge in [-0.15, -0.1) is 11.6 Å². The van der Waals surface area contributed by atoms with Crippen molar-refractivity contribution in [1.29, 1.82) is 0 Å². The Morgan fingerprint density at radius 1 is 1.67 bits per heavy atom. The van der Waals surface area contributed by atoms with Crippen LogP contribution in [0, 0.1) is 0 Å². The van der Waals surface area contributed by atoms with Crippen LogP contribution in [0.1, 0.15) is 13.8 Å². The van der Waals surface area contributed by atoms with Gasteiger partial charge in [-0.3, -0.25) is 0 Å². The quantitative estimate of drug-likeness (QED) is 0.439. The zero-order valence-corrected chi connectivity index (χ0v) is 6.74. The van der Waals surface area contributed by atoms with Crippen molar-refractivity contribution in [2.75, 3.05) is 12.5 Å². The van der Waals surface area contributed by atoms with Gasteiger partial charge >= 0.3 is 0 Å². The van der Waals surface area contributed by atoms with Crippen molar-refractivity contribution in [3.8, 4) is 0 Å². The van der Waals surface area contributed by atoms with Crippen LogP contribution in [0.25, 0.3) is 0 Å². The topological polar surface area (TPSA) is 9.23 Å². The van der Waals surface area contributed by atoms with Crippen LogP contribution in [0.4, 0.5) is 0 Å². The van der Waals surface area contributed by atoms with Gasteiger partial charge in [-0.2, -0.15) is 0 Å². The largest absolute Gasteiger partial charge is 0.374 e. The van der Waals surface area contributed by atoms with Crippen molar-refractivity contribution in [3.63, 3.8) is 0 Å². The Kier molecular flexibility index (Phi) is 4.83. The summed E-state index contributed by atoms with van der Waals surface area (Å²) in [5, 5.41) is 0. The molecule has 0 bridgehead atoms. The molecule has 0 atom stereocenters. The number of alkyl halides is 1. The van der Waals surface area contributed by atoms with Crippen molar-refractivity contribution >= 4 is 11.6 Å². The Bertz CT molecular complexity index is 88.9. The van der Waals surface area contributed by atoms with E-state index in [2.05, 4.69) is 6.58 Å². The monoisotopic (exact) mass is 148 g/mol. The maximum atomic E-state index is 5.46.